The predicted molar refractivity (Wildman–Crippen MR) is 101 cm³/mol. The lowest BCUT2D eigenvalue weighted by atomic mass is 10.3. The number of carbonyl (C=O) groups is 2. The molecule has 0 radical (unpaired) electrons. The van der Waals surface area contributed by atoms with E-state index in [2.05, 4.69) is 10.1 Å². The molecule has 0 aromatic heterocycles. The summed E-state index contributed by atoms with van der Waals surface area (Å²) >= 11 is 5.80. The van der Waals surface area contributed by atoms with Gasteiger partial charge in [-0.15, -0.1) is 0 Å². The highest BCUT2D eigenvalue weighted by Gasteiger charge is 2.18. The topological polar surface area (TPSA) is 83.1 Å². The number of hydrogen-bond acceptors (Lipinski definition) is 6. The van der Waals surface area contributed by atoms with Crippen molar-refractivity contribution in [1.29, 1.82) is 0 Å². The second-order valence-electron chi connectivity index (χ2n) is 5.62. The number of anilines is 1. The second-order valence-corrected chi connectivity index (χ2v) is 6.02. The first-order valence-electron chi connectivity index (χ1n) is 8.30. The van der Waals surface area contributed by atoms with Crippen molar-refractivity contribution in [1.82, 2.24) is 0 Å². The molecule has 156 valence electrons. The quantitative estimate of drug-likeness (QED) is 0.609. The molecule has 2 aromatic carbocycles. The molecule has 1 unspecified atom stereocenters. The van der Waals surface area contributed by atoms with E-state index in [1.807, 2.05) is 0 Å². The van der Waals surface area contributed by atoms with Crippen molar-refractivity contribution in [2.45, 2.75) is 19.6 Å². The molecule has 7 nitrogen and oxygen atoms in total. The number of hydrogen-bond donors (Lipinski definition) is 1. The standard InChI is InChI=1S/C19H18ClF2NO6/c1-11(28-14-6-4-13(26-2)5-7-14)18(25)27-10-17(24)23-12-3-8-16(15(20)9-12)29-19(21)22/h3-9,11,19H,10H2,1-2H3,(H,23,24). The van der Waals surface area contributed by atoms with Crippen LogP contribution in [0.5, 0.6) is 17.2 Å². The number of alkyl halides is 2. The van der Waals surface area contributed by atoms with Gasteiger partial charge in [0, 0.05) is 5.69 Å². The van der Waals surface area contributed by atoms with Crippen molar-refractivity contribution in [3.8, 4) is 17.2 Å². The van der Waals surface area contributed by atoms with Crippen LogP contribution in [0.4, 0.5) is 14.5 Å². The molecule has 0 fully saturated rings. The molecule has 0 saturated heterocycles. The van der Waals surface area contributed by atoms with Crippen LogP contribution < -0.4 is 19.5 Å². The summed E-state index contributed by atoms with van der Waals surface area (Å²) in [5.41, 5.74) is 0.222. The zero-order valence-electron chi connectivity index (χ0n) is 15.5. The molecule has 0 saturated carbocycles. The fourth-order valence-electron chi connectivity index (χ4n) is 2.13. The summed E-state index contributed by atoms with van der Waals surface area (Å²) in [6.07, 6.45) is -0.948. The van der Waals surface area contributed by atoms with Crippen molar-refractivity contribution in [2.24, 2.45) is 0 Å². The molecular weight excluding hydrogens is 412 g/mol. The first-order valence-corrected chi connectivity index (χ1v) is 8.68. The Morgan fingerprint density at radius 3 is 2.31 bits per heavy atom. The average molecular weight is 430 g/mol. The molecule has 0 heterocycles. The molecule has 1 amide bonds. The molecule has 2 aromatic rings. The van der Waals surface area contributed by atoms with Crippen LogP contribution in [0.1, 0.15) is 6.92 Å². The van der Waals surface area contributed by atoms with Crippen LogP contribution in [0.3, 0.4) is 0 Å². The fourth-order valence-corrected chi connectivity index (χ4v) is 2.35. The Balaban J connectivity index is 1.81. The summed E-state index contributed by atoms with van der Waals surface area (Å²) in [6, 6.07) is 10.3. The highest BCUT2D eigenvalue weighted by molar-refractivity contribution is 6.32. The maximum absolute atomic E-state index is 12.2. The number of halogens is 3. The predicted octanol–water partition coefficient (Wildman–Crippen LogP) is 3.90. The molecule has 0 aliphatic rings. The van der Waals surface area contributed by atoms with E-state index in [0.29, 0.717) is 11.5 Å². The Kier molecular flexibility index (Phi) is 8.02. The highest BCUT2D eigenvalue weighted by atomic mass is 35.5. The summed E-state index contributed by atoms with van der Waals surface area (Å²) in [7, 11) is 1.53. The average Bonchev–Trinajstić information content (AvgIpc) is 2.68. The summed E-state index contributed by atoms with van der Waals surface area (Å²) in [6.45, 7) is -2.11. The van der Waals surface area contributed by atoms with Gasteiger partial charge in [0.2, 0.25) is 0 Å². The number of methoxy groups -OCH3 is 1. The zero-order valence-corrected chi connectivity index (χ0v) is 16.2. The maximum atomic E-state index is 12.2. The molecule has 0 spiro atoms. The van der Waals surface area contributed by atoms with E-state index in [1.54, 1.807) is 24.3 Å². The normalized spacial score (nSPS) is 11.5. The lowest BCUT2D eigenvalue weighted by Gasteiger charge is -2.14. The summed E-state index contributed by atoms with van der Waals surface area (Å²) < 4.78 is 44.0. The Labute approximate surface area is 170 Å². The van der Waals surface area contributed by atoms with Gasteiger partial charge >= 0.3 is 12.6 Å². The van der Waals surface area contributed by atoms with Crippen LogP contribution in [0, 0.1) is 0 Å². The molecule has 10 heteroatoms. The van der Waals surface area contributed by atoms with E-state index in [-0.39, 0.29) is 16.5 Å². The summed E-state index contributed by atoms with van der Waals surface area (Å²) in [5.74, 6) is -0.544. The van der Waals surface area contributed by atoms with Gasteiger partial charge in [-0.05, 0) is 49.4 Å². The molecule has 0 aliphatic heterocycles. The van der Waals surface area contributed by atoms with E-state index in [4.69, 9.17) is 25.8 Å². The zero-order chi connectivity index (χ0) is 21.4. The second kappa shape index (κ2) is 10.5. The molecule has 1 N–H and O–H groups in total. The van der Waals surface area contributed by atoms with Crippen LogP contribution in [0.15, 0.2) is 42.5 Å². The van der Waals surface area contributed by atoms with Crippen LogP contribution in [-0.4, -0.2) is 38.3 Å². The Bertz CT molecular complexity index is 847. The van der Waals surface area contributed by atoms with Crippen molar-refractivity contribution in [3.63, 3.8) is 0 Å². The summed E-state index contributed by atoms with van der Waals surface area (Å²) in [5, 5.41) is 2.31. The largest absolute Gasteiger partial charge is 0.497 e. The number of esters is 1. The van der Waals surface area contributed by atoms with Gasteiger partial charge in [0.15, 0.2) is 12.7 Å². The number of carbonyl (C=O) groups excluding carboxylic acids is 2. The van der Waals surface area contributed by atoms with Gasteiger partial charge in [-0.2, -0.15) is 8.78 Å². The minimum absolute atomic E-state index is 0.110. The lowest BCUT2D eigenvalue weighted by Crippen LogP contribution is -2.29. The molecule has 1 atom stereocenters. The van der Waals surface area contributed by atoms with Gasteiger partial charge in [-0.3, -0.25) is 4.79 Å². The molecule has 2 rings (SSSR count). The number of nitrogens with one attached hydrogen (secondary N) is 1. The third kappa shape index (κ3) is 7.11. The molecule has 0 bridgehead atoms. The van der Waals surface area contributed by atoms with Gasteiger partial charge in [0.25, 0.3) is 5.91 Å². The van der Waals surface area contributed by atoms with E-state index in [9.17, 15) is 18.4 Å². The minimum Gasteiger partial charge on any atom is -0.497 e. The Morgan fingerprint density at radius 2 is 1.72 bits per heavy atom. The van der Waals surface area contributed by atoms with Crippen molar-refractivity contribution in [3.05, 3.63) is 47.5 Å². The Morgan fingerprint density at radius 1 is 1.07 bits per heavy atom. The van der Waals surface area contributed by atoms with E-state index < -0.39 is 31.2 Å². The third-order valence-electron chi connectivity index (χ3n) is 3.48. The highest BCUT2D eigenvalue weighted by Crippen LogP contribution is 2.28. The van der Waals surface area contributed by atoms with Gasteiger partial charge in [0.1, 0.15) is 17.2 Å². The van der Waals surface area contributed by atoms with Gasteiger partial charge in [0.05, 0.1) is 12.1 Å². The lowest BCUT2D eigenvalue weighted by molar-refractivity contribution is -0.153. The van der Waals surface area contributed by atoms with E-state index >= 15 is 0 Å². The van der Waals surface area contributed by atoms with Gasteiger partial charge < -0.3 is 24.3 Å². The van der Waals surface area contributed by atoms with Gasteiger partial charge in [-0.1, -0.05) is 11.6 Å². The van der Waals surface area contributed by atoms with E-state index in [1.165, 1.54) is 32.2 Å². The smallest absolute Gasteiger partial charge is 0.387 e. The monoisotopic (exact) mass is 429 g/mol. The first kappa shape index (κ1) is 22.2. The maximum Gasteiger partial charge on any atom is 0.387 e. The Hall–Kier alpha value is -3.07. The fraction of sp³-hybridized carbons (Fsp3) is 0.263. The first-order chi connectivity index (χ1) is 13.8. The minimum atomic E-state index is -3.02. The van der Waals surface area contributed by atoms with E-state index in [0.717, 1.165) is 0 Å². The SMILES string of the molecule is COc1ccc(OC(C)C(=O)OCC(=O)Nc2ccc(OC(F)F)c(Cl)c2)cc1. The van der Waals surface area contributed by atoms with Crippen LogP contribution in [0.2, 0.25) is 5.02 Å². The molecular formula is C19H18ClF2NO6. The number of ether oxygens (including phenoxy) is 4. The van der Waals surface area contributed by atoms with Crippen molar-refractivity contribution in [2.75, 3.05) is 19.0 Å². The van der Waals surface area contributed by atoms with Crippen LogP contribution in [-0.2, 0) is 14.3 Å². The number of rotatable bonds is 9. The van der Waals surface area contributed by atoms with Crippen LogP contribution >= 0.6 is 11.6 Å². The molecule has 0 aliphatic carbocycles. The van der Waals surface area contributed by atoms with Crippen molar-refractivity contribution < 1.29 is 37.3 Å². The van der Waals surface area contributed by atoms with Gasteiger partial charge in [-0.25, -0.2) is 4.79 Å². The van der Waals surface area contributed by atoms with Crippen LogP contribution in [0.25, 0.3) is 0 Å². The number of benzene rings is 2. The molecule has 29 heavy (non-hydrogen) atoms. The third-order valence-corrected chi connectivity index (χ3v) is 3.78. The number of amides is 1. The van der Waals surface area contributed by atoms with Crippen molar-refractivity contribution >= 4 is 29.2 Å². The summed E-state index contributed by atoms with van der Waals surface area (Å²) in [4.78, 5) is 23.9.